The molecule has 0 aliphatic rings. The SMILES string of the molecule is CC(C)CC(C)N(C)C(=O)c1ccc(C#CCN)s1. The van der Waals surface area contributed by atoms with E-state index in [-0.39, 0.29) is 11.9 Å². The van der Waals surface area contributed by atoms with Crippen molar-refractivity contribution in [1.82, 2.24) is 4.90 Å². The Bertz CT molecular complexity index is 482. The van der Waals surface area contributed by atoms with E-state index in [1.54, 1.807) is 0 Å². The molecule has 1 aromatic heterocycles. The number of thiophene rings is 1. The van der Waals surface area contributed by atoms with Crippen molar-refractivity contribution >= 4 is 17.2 Å². The Morgan fingerprint density at radius 3 is 2.68 bits per heavy atom. The van der Waals surface area contributed by atoms with Gasteiger partial charge in [0, 0.05) is 13.1 Å². The molecule has 1 rings (SSSR count). The van der Waals surface area contributed by atoms with Crippen LogP contribution in [0.25, 0.3) is 0 Å². The molecule has 104 valence electrons. The van der Waals surface area contributed by atoms with Gasteiger partial charge in [-0.3, -0.25) is 4.79 Å². The summed E-state index contributed by atoms with van der Waals surface area (Å²) in [5, 5.41) is 0. The van der Waals surface area contributed by atoms with Crippen LogP contribution >= 0.6 is 11.3 Å². The number of carbonyl (C=O) groups is 1. The lowest BCUT2D eigenvalue weighted by Crippen LogP contribution is -2.35. The maximum absolute atomic E-state index is 12.3. The molecule has 0 saturated carbocycles. The summed E-state index contributed by atoms with van der Waals surface area (Å²) in [6.07, 6.45) is 1.01. The lowest BCUT2D eigenvalue weighted by Gasteiger charge is -2.25. The van der Waals surface area contributed by atoms with Crippen LogP contribution in [0.4, 0.5) is 0 Å². The lowest BCUT2D eigenvalue weighted by atomic mass is 10.0. The van der Waals surface area contributed by atoms with Crippen LogP contribution in [-0.4, -0.2) is 30.4 Å². The Hall–Kier alpha value is -1.31. The normalized spacial score (nSPS) is 11.9. The average Bonchev–Trinajstić information content (AvgIpc) is 2.82. The first-order chi connectivity index (χ1) is 8.95. The molecule has 0 aliphatic carbocycles. The van der Waals surface area contributed by atoms with Crippen LogP contribution in [0.1, 0.15) is 41.7 Å². The van der Waals surface area contributed by atoms with E-state index in [0.29, 0.717) is 12.5 Å². The Morgan fingerprint density at radius 2 is 2.11 bits per heavy atom. The van der Waals surface area contributed by atoms with E-state index < -0.39 is 0 Å². The summed E-state index contributed by atoms with van der Waals surface area (Å²) in [7, 11) is 1.86. The average molecular weight is 278 g/mol. The molecule has 19 heavy (non-hydrogen) atoms. The quantitative estimate of drug-likeness (QED) is 0.860. The minimum atomic E-state index is 0.0685. The minimum absolute atomic E-state index is 0.0685. The Labute approximate surface area is 119 Å². The molecule has 1 heterocycles. The van der Waals surface area contributed by atoms with E-state index in [4.69, 9.17) is 5.73 Å². The van der Waals surface area contributed by atoms with Crippen LogP contribution in [0.2, 0.25) is 0 Å². The van der Waals surface area contributed by atoms with Gasteiger partial charge in [0.25, 0.3) is 5.91 Å². The number of hydrogen-bond acceptors (Lipinski definition) is 3. The monoisotopic (exact) mass is 278 g/mol. The fourth-order valence-electron chi connectivity index (χ4n) is 1.87. The molecule has 0 spiro atoms. The molecule has 1 aromatic rings. The molecular formula is C15H22N2OS. The fourth-order valence-corrected chi connectivity index (χ4v) is 2.74. The fraction of sp³-hybridized carbons (Fsp3) is 0.533. The summed E-state index contributed by atoms with van der Waals surface area (Å²) in [6.45, 7) is 6.76. The molecule has 1 amide bonds. The highest BCUT2D eigenvalue weighted by molar-refractivity contribution is 7.14. The smallest absolute Gasteiger partial charge is 0.263 e. The van der Waals surface area contributed by atoms with Crippen molar-refractivity contribution in [2.45, 2.75) is 33.2 Å². The molecular weight excluding hydrogens is 256 g/mol. The first-order valence-corrected chi connectivity index (χ1v) is 7.33. The Balaban J connectivity index is 2.74. The third kappa shape index (κ3) is 4.70. The largest absolute Gasteiger partial charge is 0.338 e. The molecule has 4 heteroatoms. The van der Waals surface area contributed by atoms with Crippen LogP contribution in [0.3, 0.4) is 0 Å². The van der Waals surface area contributed by atoms with Gasteiger partial charge in [-0.1, -0.05) is 25.7 Å². The second-order valence-electron chi connectivity index (χ2n) is 5.06. The zero-order valence-electron chi connectivity index (χ0n) is 12.1. The molecule has 0 radical (unpaired) electrons. The highest BCUT2D eigenvalue weighted by Gasteiger charge is 2.19. The number of carbonyl (C=O) groups excluding carboxylic acids is 1. The van der Waals surface area contributed by atoms with Gasteiger partial charge in [-0.2, -0.15) is 0 Å². The summed E-state index contributed by atoms with van der Waals surface area (Å²) in [5.74, 6) is 6.40. The van der Waals surface area contributed by atoms with E-state index in [1.807, 2.05) is 24.1 Å². The molecule has 1 atom stereocenters. The second kappa shape index (κ2) is 7.32. The van der Waals surface area contributed by atoms with Crippen LogP contribution in [0.5, 0.6) is 0 Å². The maximum atomic E-state index is 12.3. The van der Waals surface area contributed by atoms with Gasteiger partial charge in [-0.05, 0) is 31.4 Å². The lowest BCUT2D eigenvalue weighted by molar-refractivity contribution is 0.0733. The highest BCUT2D eigenvalue weighted by atomic mass is 32.1. The number of amides is 1. The van der Waals surface area contributed by atoms with E-state index >= 15 is 0 Å². The van der Waals surface area contributed by atoms with E-state index in [1.165, 1.54) is 11.3 Å². The second-order valence-corrected chi connectivity index (χ2v) is 6.15. The Morgan fingerprint density at radius 1 is 1.42 bits per heavy atom. The van der Waals surface area contributed by atoms with Crippen molar-refractivity contribution in [3.8, 4) is 11.8 Å². The molecule has 0 aliphatic heterocycles. The van der Waals surface area contributed by atoms with Crippen molar-refractivity contribution in [2.24, 2.45) is 11.7 Å². The maximum Gasteiger partial charge on any atom is 0.263 e. The van der Waals surface area contributed by atoms with Gasteiger partial charge in [-0.15, -0.1) is 11.3 Å². The number of hydrogen-bond donors (Lipinski definition) is 1. The van der Waals surface area contributed by atoms with Crippen molar-refractivity contribution in [1.29, 1.82) is 0 Å². The predicted molar refractivity (Wildman–Crippen MR) is 81.3 cm³/mol. The third-order valence-electron chi connectivity index (χ3n) is 2.92. The predicted octanol–water partition coefficient (Wildman–Crippen LogP) is 2.56. The molecule has 0 fully saturated rings. The van der Waals surface area contributed by atoms with Crippen LogP contribution < -0.4 is 5.73 Å². The number of nitrogens with two attached hydrogens (primary N) is 1. The molecule has 0 bridgehead atoms. The van der Waals surface area contributed by atoms with Crippen LogP contribution in [0.15, 0.2) is 12.1 Å². The van der Waals surface area contributed by atoms with E-state index in [2.05, 4.69) is 32.6 Å². The topological polar surface area (TPSA) is 46.3 Å². The van der Waals surface area contributed by atoms with Crippen LogP contribution in [0, 0.1) is 17.8 Å². The minimum Gasteiger partial charge on any atom is -0.338 e. The first-order valence-electron chi connectivity index (χ1n) is 6.51. The van der Waals surface area contributed by atoms with Crippen molar-refractivity contribution in [2.75, 3.05) is 13.6 Å². The number of nitrogens with zero attached hydrogens (tertiary/aromatic N) is 1. The van der Waals surface area contributed by atoms with Crippen molar-refractivity contribution in [3.05, 3.63) is 21.9 Å². The summed E-state index contributed by atoms with van der Waals surface area (Å²) < 4.78 is 0. The molecule has 2 N–H and O–H groups in total. The summed E-state index contributed by atoms with van der Waals surface area (Å²) in [6, 6.07) is 3.96. The molecule has 0 saturated heterocycles. The third-order valence-corrected chi connectivity index (χ3v) is 3.91. The first kappa shape index (κ1) is 15.7. The van der Waals surface area contributed by atoms with Crippen LogP contribution in [-0.2, 0) is 0 Å². The molecule has 1 unspecified atom stereocenters. The van der Waals surface area contributed by atoms with Gasteiger partial charge >= 0.3 is 0 Å². The zero-order chi connectivity index (χ0) is 14.4. The van der Waals surface area contributed by atoms with Crippen molar-refractivity contribution < 1.29 is 4.79 Å². The van der Waals surface area contributed by atoms with Gasteiger partial charge in [0.05, 0.1) is 16.3 Å². The Kier molecular flexibility index (Phi) is 6.07. The molecule has 3 nitrogen and oxygen atoms in total. The van der Waals surface area contributed by atoms with Crippen molar-refractivity contribution in [3.63, 3.8) is 0 Å². The van der Waals surface area contributed by atoms with Gasteiger partial charge < -0.3 is 10.6 Å². The zero-order valence-corrected chi connectivity index (χ0v) is 12.9. The summed E-state index contributed by atoms with van der Waals surface area (Å²) in [4.78, 5) is 15.8. The molecule has 0 aromatic carbocycles. The van der Waals surface area contributed by atoms with Gasteiger partial charge in [0.2, 0.25) is 0 Å². The summed E-state index contributed by atoms with van der Waals surface area (Å²) in [5.41, 5.74) is 5.33. The van der Waals surface area contributed by atoms with E-state index in [9.17, 15) is 4.79 Å². The highest BCUT2D eigenvalue weighted by Crippen LogP contribution is 2.19. The standard InChI is InChI=1S/C15H22N2OS/c1-11(2)10-12(3)17(4)15(18)14-8-7-13(19-14)6-5-9-16/h7-8,11-12H,9-10,16H2,1-4H3. The van der Waals surface area contributed by atoms with E-state index in [0.717, 1.165) is 16.2 Å². The summed E-state index contributed by atoms with van der Waals surface area (Å²) >= 11 is 1.43. The van der Waals surface area contributed by atoms with Gasteiger partial charge in [0.1, 0.15) is 0 Å². The number of rotatable bonds is 4. The van der Waals surface area contributed by atoms with Gasteiger partial charge in [0.15, 0.2) is 0 Å². The van der Waals surface area contributed by atoms with Gasteiger partial charge in [-0.25, -0.2) is 0 Å².